The van der Waals surface area contributed by atoms with E-state index in [4.69, 9.17) is 23.2 Å². The number of hydrogen-bond donors (Lipinski definition) is 4. The van der Waals surface area contributed by atoms with Gasteiger partial charge in [0.2, 0.25) is 5.91 Å². The summed E-state index contributed by atoms with van der Waals surface area (Å²) in [6, 6.07) is 1.63. The van der Waals surface area contributed by atoms with E-state index in [2.05, 4.69) is 31.2 Å². The molecule has 1 rings (SSSR count). The summed E-state index contributed by atoms with van der Waals surface area (Å²) in [5.41, 5.74) is -0.271. The monoisotopic (exact) mass is 388 g/mol. The molecule has 0 saturated carbocycles. The standard InChI is InChI=1S/C16H26Cl2N6O/c1-5-19-15(23-10-13(25)24-16(2,3)4)21-7-6-20-14-12(18)8-11(17)9-22-14/h8-9H,5-7,10H2,1-4H3,(H,20,22)(H,24,25)(H2,19,21,23). The Hall–Kier alpha value is -1.73. The molecule has 0 bridgehead atoms. The van der Waals surface area contributed by atoms with Crippen LogP contribution >= 0.6 is 23.2 Å². The Labute approximate surface area is 159 Å². The Morgan fingerprint density at radius 1 is 1.24 bits per heavy atom. The summed E-state index contributed by atoms with van der Waals surface area (Å²) in [4.78, 5) is 20.2. The van der Waals surface area contributed by atoms with Gasteiger partial charge in [0.25, 0.3) is 0 Å². The van der Waals surface area contributed by atoms with Crippen LogP contribution in [0.3, 0.4) is 0 Å². The minimum atomic E-state index is -0.271. The third-order valence-electron chi connectivity index (χ3n) is 2.76. The van der Waals surface area contributed by atoms with Gasteiger partial charge in [-0.25, -0.2) is 9.98 Å². The highest BCUT2D eigenvalue weighted by atomic mass is 35.5. The summed E-state index contributed by atoms with van der Waals surface area (Å²) in [6.07, 6.45) is 1.53. The summed E-state index contributed by atoms with van der Waals surface area (Å²) in [5, 5.41) is 13.2. The van der Waals surface area contributed by atoms with E-state index >= 15 is 0 Å². The molecule has 4 N–H and O–H groups in total. The van der Waals surface area contributed by atoms with Gasteiger partial charge < -0.3 is 21.3 Å². The van der Waals surface area contributed by atoms with Crippen LogP contribution in [0.4, 0.5) is 5.82 Å². The number of nitrogens with zero attached hydrogens (tertiary/aromatic N) is 2. The Morgan fingerprint density at radius 3 is 2.56 bits per heavy atom. The number of halogens is 2. The van der Waals surface area contributed by atoms with Crippen molar-refractivity contribution in [3.8, 4) is 0 Å². The minimum Gasteiger partial charge on any atom is -0.367 e. The van der Waals surface area contributed by atoms with Crippen LogP contribution in [-0.4, -0.2) is 48.6 Å². The first-order valence-electron chi connectivity index (χ1n) is 8.09. The second kappa shape index (κ2) is 10.3. The minimum absolute atomic E-state index is 0.0601. The van der Waals surface area contributed by atoms with Crippen molar-refractivity contribution in [3.05, 3.63) is 22.3 Å². The fourth-order valence-corrected chi connectivity index (χ4v) is 2.30. The molecule has 0 atom stereocenters. The van der Waals surface area contributed by atoms with Crippen molar-refractivity contribution in [3.63, 3.8) is 0 Å². The number of aromatic nitrogens is 1. The van der Waals surface area contributed by atoms with Crippen LogP contribution in [0, 0.1) is 0 Å². The summed E-state index contributed by atoms with van der Waals surface area (Å²) in [7, 11) is 0. The lowest BCUT2D eigenvalue weighted by Crippen LogP contribution is -2.43. The van der Waals surface area contributed by atoms with Gasteiger partial charge in [0, 0.05) is 31.4 Å². The Morgan fingerprint density at radius 2 is 1.96 bits per heavy atom. The van der Waals surface area contributed by atoms with Gasteiger partial charge in [0.1, 0.15) is 12.4 Å². The van der Waals surface area contributed by atoms with Gasteiger partial charge in [-0.15, -0.1) is 0 Å². The van der Waals surface area contributed by atoms with Gasteiger partial charge in [-0.2, -0.15) is 0 Å². The zero-order chi connectivity index (χ0) is 18.9. The topological polar surface area (TPSA) is 90.4 Å². The van der Waals surface area contributed by atoms with E-state index < -0.39 is 0 Å². The molecule has 25 heavy (non-hydrogen) atoms. The molecule has 1 heterocycles. The molecule has 0 radical (unpaired) electrons. The van der Waals surface area contributed by atoms with Crippen LogP contribution in [-0.2, 0) is 4.79 Å². The molecule has 9 heteroatoms. The van der Waals surface area contributed by atoms with Crippen molar-refractivity contribution in [2.75, 3.05) is 31.5 Å². The van der Waals surface area contributed by atoms with Crippen molar-refractivity contribution >= 4 is 40.9 Å². The van der Waals surface area contributed by atoms with E-state index in [9.17, 15) is 4.79 Å². The van der Waals surface area contributed by atoms with Crippen molar-refractivity contribution in [1.29, 1.82) is 0 Å². The van der Waals surface area contributed by atoms with Gasteiger partial charge in [-0.1, -0.05) is 23.2 Å². The molecule has 0 aliphatic carbocycles. The molecule has 0 aliphatic rings. The first kappa shape index (κ1) is 21.3. The maximum Gasteiger partial charge on any atom is 0.242 e. The van der Waals surface area contributed by atoms with Crippen LogP contribution < -0.4 is 21.3 Å². The van der Waals surface area contributed by atoms with Crippen molar-refractivity contribution < 1.29 is 4.79 Å². The number of carbonyl (C=O) groups excluding carboxylic acids is 1. The van der Waals surface area contributed by atoms with Crippen molar-refractivity contribution in [1.82, 2.24) is 20.9 Å². The third kappa shape index (κ3) is 9.36. The third-order valence-corrected chi connectivity index (χ3v) is 3.25. The van der Waals surface area contributed by atoms with Crippen LogP contribution in [0.5, 0.6) is 0 Å². The fraction of sp³-hybridized carbons (Fsp3) is 0.562. The molecule has 0 saturated heterocycles. The van der Waals surface area contributed by atoms with Gasteiger partial charge in [0.15, 0.2) is 5.96 Å². The number of rotatable bonds is 7. The van der Waals surface area contributed by atoms with Crippen molar-refractivity contribution in [2.24, 2.45) is 4.99 Å². The summed E-state index contributed by atoms with van der Waals surface area (Å²) >= 11 is 11.9. The SMILES string of the molecule is CCNC(=NCC(=O)NC(C)(C)C)NCCNc1ncc(Cl)cc1Cl. The molecule has 1 amide bonds. The lowest BCUT2D eigenvalue weighted by Gasteiger charge is -2.20. The molecular weight excluding hydrogens is 363 g/mol. The highest BCUT2D eigenvalue weighted by Gasteiger charge is 2.13. The first-order valence-corrected chi connectivity index (χ1v) is 8.85. The molecule has 1 aromatic rings. The fourth-order valence-electron chi connectivity index (χ4n) is 1.86. The number of anilines is 1. The van der Waals surface area contributed by atoms with E-state index in [0.717, 1.165) is 0 Å². The number of pyridine rings is 1. The van der Waals surface area contributed by atoms with Crippen LogP contribution in [0.1, 0.15) is 27.7 Å². The van der Waals surface area contributed by atoms with E-state index in [1.807, 2.05) is 27.7 Å². The maximum absolute atomic E-state index is 11.8. The van der Waals surface area contributed by atoms with Crippen LogP contribution in [0.25, 0.3) is 0 Å². The zero-order valence-electron chi connectivity index (χ0n) is 15.0. The lowest BCUT2D eigenvalue weighted by molar-refractivity contribution is -0.121. The highest BCUT2D eigenvalue weighted by molar-refractivity contribution is 6.35. The predicted molar refractivity (Wildman–Crippen MR) is 105 cm³/mol. The number of amides is 1. The average Bonchev–Trinajstić information content (AvgIpc) is 2.49. The molecule has 140 valence electrons. The van der Waals surface area contributed by atoms with Gasteiger partial charge in [0.05, 0.1) is 10.0 Å². The Kier molecular flexibility index (Phi) is 8.78. The molecule has 0 unspecified atom stereocenters. The molecule has 7 nitrogen and oxygen atoms in total. The molecule has 1 aromatic heterocycles. The van der Waals surface area contributed by atoms with Crippen LogP contribution in [0.2, 0.25) is 10.0 Å². The molecule has 0 spiro atoms. The first-order chi connectivity index (χ1) is 11.7. The predicted octanol–water partition coefficient (Wildman–Crippen LogP) is 2.27. The Balaban J connectivity index is 2.44. The second-order valence-corrected chi connectivity index (χ2v) is 7.17. The number of carbonyl (C=O) groups is 1. The van der Waals surface area contributed by atoms with E-state index in [-0.39, 0.29) is 18.0 Å². The van der Waals surface area contributed by atoms with Gasteiger partial charge in [-0.3, -0.25) is 4.79 Å². The summed E-state index contributed by atoms with van der Waals surface area (Å²) < 4.78 is 0. The van der Waals surface area contributed by atoms with Gasteiger partial charge in [-0.05, 0) is 33.8 Å². The molecule has 0 aliphatic heterocycles. The smallest absolute Gasteiger partial charge is 0.242 e. The largest absolute Gasteiger partial charge is 0.367 e. The normalized spacial score (nSPS) is 11.8. The number of nitrogens with one attached hydrogen (secondary N) is 4. The molecule has 0 fully saturated rings. The number of hydrogen-bond acceptors (Lipinski definition) is 4. The van der Waals surface area contributed by atoms with Crippen LogP contribution in [0.15, 0.2) is 17.3 Å². The number of guanidine groups is 1. The van der Waals surface area contributed by atoms with Crippen molar-refractivity contribution in [2.45, 2.75) is 33.2 Å². The van der Waals surface area contributed by atoms with E-state index in [1.165, 1.54) is 6.20 Å². The Bertz CT molecular complexity index is 601. The molecular formula is C16H26Cl2N6O. The quantitative estimate of drug-likeness (QED) is 0.326. The summed E-state index contributed by atoms with van der Waals surface area (Å²) in [6.45, 7) is 9.66. The highest BCUT2D eigenvalue weighted by Crippen LogP contribution is 2.21. The average molecular weight is 389 g/mol. The van der Waals surface area contributed by atoms with E-state index in [0.29, 0.717) is 41.5 Å². The van der Waals surface area contributed by atoms with E-state index in [1.54, 1.807) is 6.07 Å². The zero-order valence-corrected chi connectivity index (χ0v) is 16.6. The number of aliphatic imine (C=N–C) groups is 1. The lowest BCUT2D eigenvalue weighted by atomic mass is 10.1. The van der Waals surface area contributed by atoms with Gasteiger partial charge >= 0.3 is 0 Å². The summed E-state index contributed by atoms with van der Waals surface area (Å²) in [5.74, 6) is 1.02. The molecule has 0 aromatic carbocycles. The maximum atomic E-state index is 11.8. The second-order valence-electron chi connectivity index (χ2n) is 6.33.